The Hall–Kier alpha value is -1.08. The van der Waals surface area contributed by atoms with Crippen molar-refractivity contribution in [1.29, 1.82) is 5.26 Å². The van der Waals surface area contributed by atoms with Crippen LogP contribution in [0.1, 0.15) is 19.3 Å². The molecule has 1 atom stereocenters. The molecule has 0 aliphatic carbocycles. The van der Waals surface area contributed by atoms with Gasteiger partial charge in [0.1, 0.15) is 6.42 Å². The molecule has 3 saturated heterocycles. The molecule has 0 aromatic heterocycles. The van der Waals surface area contributed by atoms with Crippen molar-refractivity contribution in [3.8, 4) is 6.07 Å². The van der Waals surface area contributed by atoms with Crippen molar-refractivity contribution in [3.63, 3.8) is 0 Å². The lowest BCUT2D eigenvalue weighted by atomic mass is 9.84. The summed E-state index contributed by atoms with van der Waals surface area (Å²) >= 11 is 0. The summed E-state index contributed by atoms with van der Waals surface area (Å²) in [5, 5.41) is 11.3. The van der Waals surface area contributed by atoms with Crippen LogP contribution >= 0.6 is 0 Å². The molecule has 1 unspecified atom stereocenters. The standard InChI is InChI=1S/C10H15N3O/c11-4-1-10(14)12-9-7-13-5-2-8(9)3-6-13/h8-9H,1-3,5-7H2,(H,12,14). The quantitative estimate of drug-likeness (QED) is 0.677. The van der Waals surface area contributed by atoms with E-state index >= 15 is 0 Å². The first-order chi connectivity index (χ1) is 6.79. The van der Waals surface area contributed by atoms with Crippen LogP contribution in [0.25, 0.3) is 0 Å². The number of carbonyl (C=O) groups excluding carboxylic acids is 1. The van der Waals surface area contributed by atoms with E-state index in [1.807, 2.05) is 6.07 Å². The van der Waals surface area contributed by atoms with E-state index in [2.05, 4.69) is 10.2 Å². The molecule has 4 heteroatoms. The monoisotopic (exact) mass is 193 g/mol. The van der Waals surface area contributed by atoms with E-state index < -0.39 is 0 Å². The first-order valence-corrected chi connectivity index (χ1v) is 5.18. The van der Waals surface area contributed by atoms with Gasteiger partial charge in [0.25, 0.3) is 0 Å². The van der Waals surface area contributed by atoms with Crippen molar-refractivity contribution in [2.45, 2.75) is 25.3 Å². The van der Waals surface area contributed by atoms with Crippen LogP contribution in [0.2, 0.25) is 0 Å². The third-order valence-electron chi connectivity index (χ3n) is 3.24. The average molecular weight is 193 g/mol. The highest BCUT2D eigenvalue weighted by Gasteiger charge is 2.34. The van der Waals surface area contributed by atoms with Gasteiger partial charge in [0, 0.05) is 12.6 Å². The predicted molar refractivity (Wildman–Crippen MR) is 51.3 cm³/mol. The molecule has 0 aromatic rings. The fraction of sp³-hybridized carbons (Fsp3) is 0.800. The molecule has 3 fully saturated rings. The molecule has 76 valence electrons. The van der Waals surface area contributed by atoms with E-state index in [1.165, 1.54) is 25.9 Å². The van der Waals surface area contributed by atoms with Gasteiger partial charge in [-0.05, 0) is 31.8 Å². The predicted octanol–water partition coefficient (Wildman–Crippen LogP) is 0.110. The number of hydrogen-bond acceptors (Lipinski definition) is 3. The largest absolute Gasteiger partial charge is 0.351 e. The minimum Gasteiger partial charge on any atom is -0.351 e. The van der Waals surface area contributed by atoms with Crippen LogP contribution in [0.4, 0.5) is 0 Å². The summed E-state index contributed by atoms with van der Waals surface area (Å²) in [5.41, 5.74) is 0. The average Bonchev–Trinajstić information content (AvgIpc) is 2.19. The van der Waals surface area contributed by atoms with Crippen LogP contribution in [0, 0.1) is 17.2 Å². The molecule has 14 heavy (non-hydrogen) atoms. The lowest BCUT2D eigenvalue weighted by molar-refractivity contribution is -0.122. The Bertz CT molecular complexity index is 263. The SMILES string of the molecule is N#CCC(=O)NC1CN2CCC1CC2. The van der Waals surface area contributed by atoms with Crippen LogP contribution in [0.15, 0.2) is 0 Å². The number of nitrogens with one attached hydrogen (secondary N) is 1. The molecule has 1 amide bonds. The molecule has 0 spiro atoms. The zero-order valence-corrected chi connectivity index (χ0v) is 8.20. The molecular formula is C10H15N3O. The topological polar surface area (TPSA) is 56.1 Å². The van der Waals surface area contributed by atoms with Gasteiger partial charge in [0.2, 0.25) is 5.91 Å². The summed E-state index contributed by atoms with van der Waals surface area (Å²) in [7, 11) is 0. The van der Waals surface area contributed by atoms with E-state index in [1.54, 1.807) is 0 Å². The van der Waals surface area contributed by atoms with E-state index in [0.717, 1.165) is 6.54 Å². The first kappa shape index (κ1) is 9.47. The van der Waals surface area contributed by atoms with Gasteiger partial charge < -0.3 is 10.2 Å². The fourth-order valence-corrected chi connectivity index (χ4v) is 2.46. The van der Waals surface area contributed by atoms with Crippen LogP contribution in [0.5, 0.6) is 0 Å². The fourth-order valence-electron chi connectivity index (χ4n) is 2.46. The second-order valence-corrected chi connectivity index (χ2v) is 4.15. The van der Waals surface area contributed by atoms with Crippen LogP contribution in [-0.4, -0.2) is 36.5 Å². The molecule has 2 bridgehead atoms. The Morgan fingerprint density at radius 1 is 1.50 bits per heavy atom. The second-order valence-electron chi connectivity index (χ2n) is 4.15. The zero-order chi connectivity index (χ0) is 9.97. The maximum absolute atomic E-state index is 11.2. The van der Waals surface area contributed by atoms with Crippen molar-refractivity contribution in [2.75, 3.05) is 19.6 Å². The summed E-state index contributed by atoms with van der Waals surface area (Å²) in [6.45, 7) is 3.33. The molecule has 1 N–H and O–H groups in total. The van der Waals surface area contributed by atoms with Gasteiger partial charge in [-0.2, -0.15) is 5.26 Å². The molecule has 4 nitrogen and oxygen atoms in total. The number of amides is 1. The van der Waals surface area contributed by atoms with Gasteiger partial charge in [-0.25, -0.2) is 0 Å². The van der Waals surface area contributed by atoms with E-state index in [0.29, 0.717) is 12.0 Å². The molecule has 3 rings (SSSR count). The summed E-state index contributed by atoms with van der Waals surface area (Å²) < 4.78 is 0. The van der Waals surface area contributed by atoms with Crippen molar-refractivity contribution in [2.24, 2.45) is 5.92 Å². The summed E-state index contributed by atoms with van der Waals surface area (Å²) in [4.78, 5) is 13.6. The minimum atomic E-state index is -0.119. The highest BCUT2D eigenvalue weighted by molar-refractivity contribution is 5.78. The molecule has 0 radical (unpaired) electrons. The van der Waals surface area contributed by atoms with Crippen LogP contribution in [-0.2, 0) is 4.79 Å². The van der Waals surface area contributed by atoms with Crippen molar-refractivity contribution >= 4 is 5.91 Å². The Labute approximate surface area is 83.9 Å². The summed E-state index contributed by atoms with van der Waals surface area (Å²) in [6, 6.07) is 2.17. The van der Waals surface area contributed by atoms with Crippen LogP contribution in [0.3, 0.4) is 0 Å². The van der Waals surface area contributed by atoms with Crippen molar-refractivity contribution in [1.82, 2.24) is 10.2 Å². The number of nitriles is 1. The van der Waals surface area contributed by atoms with Crippen molar-refractivity contribution < 1.29 is 4.79 Å². The van der Waals surface area contributed by atoms with Crippen molar-refractivity contribution in [3.05, 3.63) is 0 Å². The number of piperidine rings is 3. The third-order valence-corrected chi connectivity index (χ3v) is 3.24. The Morgan fingerprint density at radius 2 is 2.21 bits per heavy atom. The molecule has 0 saturated carbocycles. The smallest absolute Gasteiger partial charge is 0.234 e. The van der Waals surface area contributed by atoms with E-state index in [9.17, 15) is 4.79 Å². The number of nitrogens with zero attached hydrogens (tertiary/aromatic N) is 2. The van der Waals surface area contributed by atoms with Gasteiger partial charge in [-0.1, -0.05) is 0 Å². The molecular weight excluding hydrogens is 178 g/mol. The van der Waals surface area contributed by atoms with Crippen LogP contribution < -0.4 is 5.32 Å². The van der Waals surface area contributed by atoms with Gasteiger partial charge in [-0.3, -0.25) is 4.79 Å². The molecule has 3 aliphatic rings. The zero-order valence-electron chi connectivity index (χ0n) is 8.20. The van der Waals surface area contributed by atoms with Gasteiger partial charge in [0.05, 0.1) is 6.07 Å². The number of carbonyl (C=O) groups is 1. The lowest BCUT2D eigenvalue weighted by Gasteiger charge is -2.44. The molecule has 3 heterocycles. The lowest BCUT2D eigenvalue weighted by Crippen LogP contribution is -2.57. The second kappa shape index (κ2) is 3.97. The Balaban J connectivity index is 1.87. The van der Waals surface area contributed by atoms with Gasteiger partial charge in [0.15, 0.2) is 0 Å². The summed E-state index contributed by atoms with van der Waals surface area (Å²) in [6.07, 6.45) is 2.37. The number of rotatable bonds is 2. The Morgan fingerprint density at radius 3 is 2.71 bits per heavy atom. The van der Waals surface area contributed by atoms with Gasteiger partial charge in [-0.15, -0.1) is 0 Å². The van der Waals surface area contributed by atoms with Gasteiger partial charge >= 0.3 is 0 Å². The maximum Gasteiger partial charge on any atom is 0.234 e. The molecule has 0 aromatic carbocycles. The normalized spacial score (nSPS) is 34.9. The highest BCUT2D eigenvalue weighted by Crippen LogP contribution is 2.27. The summed E-state index contributed by atoms with van der Waals surface area (Å²) in [5.74, 6) is 0.522. The first-order valence-electron chi connectivity index (χ1n) is 5.18. The van der Waals surface area contributed by atoms with E-state index in [4.69, 9.17) is 5.26 Å². The molecule has 3 aliphatic heterocycles. The highest BCUT2D eigenvalue weighted by atomic mass is 16.1. The Kier molecular flexibility index (Phi) is 2.69. The van der Waals surface area contributed by atoms with E-state index in [-0.39, 0.29) is 12.3 Å². The third kappa shape index (κ3) is 1.88. The number of fused-ring (bicyclic) bond motifs is 3. The number of hydrogen-bond donors (Lipinski definition) is 1. The maximum atomic E-state index is 11.2. The minimum absolute atomic E-state index is 0.0107.